The molecule has 0 radical (unpaired) electrons. The number of carbonyl (C=O) groups is 1. The van der Waals surface area contributed by atoms with Gasteiger partial charge in [0, 0.05) is 5.69 Å². The number of rotatable bonds is 2. The fourth-order valence-electron chi connectivity index (χ4n) is 1.53. The third kappa shape index (κ3) is 3.10. The number of hydrogen-bond acceptors (Lipinski definition) is 3. The minimum absolute atomic E-state index is 0.0273. The molecule has 2 rings (SSSR count). The summed E-state index contributed by atoms with van der Waals surface area (Å²) < 4.78 is 38.1. The quantitative estimate of drug-likeness (QED) is 0.892. The smallest absolute Gasteiger partial charge is 0.321 e. The monoisotopic (exact) mass is 320 g/mol. The Balaban J connectivity index is 2.27. The van der Waals surface area contributed by atoms with Crippen LogP contribution in [0.4, 0.5) is 18.9 Å². The first-order valence-corrected chi connectivity index (χ1v) is 6.63. The zero-order chi connectivity index (χ0) is 14.9. The van der Waals surface area contributed by atoms with Crippen molar-refractivity contribution in [3.05, 3.63) is 44.9 Å². The summed E-state index contributed by atoms with van der Waals surface area (Å²) >= 11 is 6.62. The maximum absolute atomic E-state index is 12.7. The van der Waals surface area contributed by atoms with E-state index in [2.05, 4.69) is 10.3 Å². The average Bonchev–Trinajstić information content (AvgIpc) is 2.76. The Kier molecular flexibility index (Phi) is 4.01. The highest BCUT2D eigenvalue weighted by Crippen LogP contribution is 2.36. The van der Waals surface area contributed by atoms with E-state index in [-0.39, 0.29) is 5.69 Å². The van der Waals surface area contributed by atoms with Crippen LogP contribution in [0.15, 0.2) is 23.7 Å². The van der Waals surface area contributed by atoms with Crippen LogP contribution in [0.5, 0.6) is 0 Å². The van der Waals surface area contributed by atoms with Crippen molar-refractivity contribution in [2.75, 3.05) is 5.32 Å². The van der Waals surface area contributed by atoms with E-state index in [9.17, 15) is 18.0 Å². The number of amides is 1. The van der Waals surface area contributed by atoms with E-state index in [0.29, 0.717) is 10.6 Å². The number of carbonyl (C=O) groups excluding carboxylic acids is 1. The summed E-state index contributed by atoms with van der Waals surface area (Å²) in [7, 11) is 0. The molecule has 0 fully saturated rings. The first-order valence-electron chi connectivity index (χ1n) is 5.37. The van der Waals surface area contributed by atoms with E-state index in [1.807, 2.05) is 0 Å². The summed E-state index contributed by atoms with van der Waals surface area (Å²) in [5, 5.41) is 1.99. The van der Waals surface area contributed by atoms with Crippen LogP contribution < -0.4 is 5.32 Å². The standard InChI is InChI=1S/C12H8ClF3N2OS/c1-6-10(20-5-17-6)11(19)18-7-2-3-9(13)8(4-7)12(14,15)16/h2-5H,1H3,(H,18,19). The van der Waals surface area contributed by atoms with Gasteiger partial charge in [-0.15, -0.1) is 11.3 Å². The number of aryl methyl sites for hydroxylation is 1. The molecule has 0 aliphatic carbocycles. The molecule has 0 aliphatic rings. The van der Waals surface area contributed by atoms with E-state index in [1.54, 1.807) is 6.92 Å². The molecule has 1 heterocycles. The van der Waals surface area contributed by atoms with E-state index < -0.39 is 22.7 Å². The summed E-state index contributed by atoms with van der Waals surface area (Å²) in [5.74, 6) is -0.500. The highest BCUT2D eigenvalue weighted by Gasteiger charge is 2.33. The largest absolute Gasteiger partial charge is 0.417 e. The maximum Gasteiger partial charge on any atom is 0.417 e. The van der Waals surface area contributed by atoms with Crippen LogP contribution in [-0.2, 0) is 6.18 Å². The van der Waals surface area contributed by atoms with Crippen LogP contribution >= 0.6 is 22.9 Å². The lowest BCUT2D eigenvalue weighted by molar-refractivity contribution is -0.137. The number of alkyl halides is 3. The number of hydrogen-bond donors (Lipinski definition) is 1. The molecule has 3 nitrogen and oxygen atoms in total. The SMILES string of the molecule is Cc1ncsc1C(=O)Nc1ccc(Cl)c(C(F)(F)F)c1. The van der Waals surface area contributed by atoms with Gasteiger partial charge in [0.1, 0.15) is 4.88 Å². The lowest BCUT2D eigenvalue weighted by Gasteiger charge is -2.11. The molecule has 2 aromatic rings. The van der Waals surface area contributed by atoms with Gasteiger partial charge in [0.2, 0.25) is 0 Å². The number of nitrogens with one attached hydrogen (secondary N) is 1. The van der Waals surface area contributed by atoms with Crippen LogP contribution in [0.2, 0.25) is 5.02 Å². The van der Waals surface area contributed by atoms with Crippen molar-refractivity contribution in [2.45, 2.75) is 13.1 Å². The fraction of sp³-hybridized carbons (Fsp3) is 0.167. The molecular weight excluding hydrogens is 313 g/mol. The van der Waals surface area contributed by atoms with Gasteiger partial charge in [-0.3, -0.25) is 4.79 Å². The second-order valence-corrected chi connectivity index (χ2v) is 5.18. The maximum atomic E-state index is 12.7. The Bertz CT molecular complexity index is 654. The molecule has 20 heavy (non-hydrogen) atoms. The summed E-state index contributed by atoms with van der Waals surface area (Å²) in [6, 6.07) is 3.21. The van der Waals surface area contributed by atoms with Crippen molar-refractivity contribution in [1.29, 1.82) is 0 Å². The molecule has 1 aromatic heterocycles. The number of nitrogens with zero attached hydrogens (tertiary/aromatic N) is 1. The van der Waals surface area contributed by atoms with E-state index in [1.165, 1.54) is 11.6 Å². The van der Waals surface area contributed by atoms with Crippen LogP contribution in [0.3, 0.4) is 0 Å². The number of benzene rings is 1. The molecule has 0 spiro atoms. The zero-order valence-electron chi connectivity index (χ0n) is 10.1. The summed E-state index contributed by atoms with van der Waals surface area (Å²) in [4.78, 5) is 16.1. The number of anilines is 1. The number of thiazole rings is 1. The molecule has 1 aromatic carbocycles. The highest BCUT2D eigenvalue weighted by atomic mass is 35.5. The van der Waals surface area contributed by atoms with Gasteiger partial charge in [-0.1, -0.05) is 11.6 Å². The molecule has 0 atom stereocenters. The van der Waals surface area contributed by atoms with Crippen molar-refractivity contribution >= 4 is 34.5 Å². The number of aromatic nitrogens is 1. The topological polar surface area (TPSA) is 42.0 Å². The van der Waals surface area contributed by atoms with Crippen molar-refractivity contribution in [1.82, 2.24) is 4.98 Å². The van der Waals surface area contributed by atoms with Gasteiger partial charge < -0.3 is 5.32 Å². The average molecular weight is 321 g/mol. The molecule has 106 valence electrons. The molecule has 0 bridgehead atoms. The first-order chi connectivity index (χ1) is 9.29. The number of halogens is 4. The van der Waals surface area contributed by atoms with Gasteiger partial charge in [0.15, 0.2) is 0 Å². The van der Waals surface area contributed by atoms with Crippen LogP contribution in [-0.4, -0.2) is 10.9 Å². The van der Waals surface area contributed by atoms with Crippen molar-refractivity contribution < 1.29 is 18.0 Å². The van der Waals surface area contributed by atoms with Crippen molar-refractivity contribution in [3.8, 4) is 0 Å². The first kappa shape index (κ1) is 14.8. The third-order valence-electron chi connectivity index (χ3n) is 2.48. The summed E-state index contributed by atoms with van der Waals surface area (Å²) in [6.07, 6.45) is -4.57. The minimum Gasteiger partial charge on any atom is -0.321 e. The van der Waals surface area contributed by atoms with Crippen molar-refractivity contribution in [3.63, 3.8) is 0 Å². The Morgan fingerprint density at radius 3 is 2.65 bits per heavy atom. The van der Waals surface area contributed by atoms with E-state index in [4.69, 9.17) is 11.6 Å². The Hall–Kier alpha value is -1.60. The minimum atomic E-state index is -4.57. The lowest BCUT2D eigenvalue weighted by atomic mass is 10.2. The Morgan fingerprint density at radius 1 is 1.40 bits per heavy atom. The van der Waals surface area contributed by atoms with Gasteiger partial charge >= 0.3 is 6.18 Å². The van der Waals surface area contributed by atoms with Crippen LogP contribution in [0.1, 0.15) is 20.9 Å². The summed E-state index contributed by atoms with van der Waals surface area (Å²) in [5.41, 5.74) is 1.06. The normalized spacial score (nSPS) is 11.4. The molecular formula is C12H8ClF3N2OS. The van der Waals surface area contributed by atoms with Crippen LogP contribution in [0.25, 0.3) is 0 Å². The van der Waals surface area contributed by atoms with Gasteiger partial charge in [0.25, 0.3) is 5.91 Å². The van der Waals surface area contributed by atoms with Gasteiger partial charge in [-0.25, -0.2) is 4.98 Å². The van der Waals surface area contributed by atoms with Gasteiger partial charge in [-0.2, -0.15) is 13.2 Å². The molecule has 0 saturated carbocycles. The molecule has 1 N–H and O–H groups in total. The third-order valence-corrected chi connectivity index (χ3v) is 3.74. The molecule has 0 unspecified atom stereocenters. The Morgan fingerprint density at radius 2 is 2.10 bits per heavy atom. The molecule has 8 heteroatoms. The van der Waals surface area contributed by atoms with E-state index in [0.717, 1.165) is 23.5 Å². The molecule has 0 aliphatic heterocycles. The van der Waals surface area contributed by atoms with Gasteiger partial charge in [-0.05, 0) is 25.1 Å². The second kappa shape index (κ2) is 5.41. The second-order valence-electron chi connectivity index (χ2n) is 3.91. The lowest BCUT2D eigenvalue weighted by Crippen LogP contribution is -2.13. The summed E-state index contributed by atoms with van der Waals surface area (Å²) in [6.45, 7) is 1.65. The molecule has 0 saturated heterocycles. The van der Waals surface area contributed by atoms with E-state index >= 15 is 0 Å². The highest BCUT2D eigenvalue weighted by molar-refractivity contribution is 7.12. The fourth-order valence-corrected chi connectivity index (χ4v) is 2.45. The molecule has 1 amide bonds. The van der Waals surface area contributed by atoms with Crippen molar-refractivity contribution in [2.24, 2.45) is 0 Å². The van der Waals surface area contributed by atoms with Gasteiger partial charge in [0.05, 0.1) is 21.8 Å². The predicted octanol–water partition coefficient (Wildman–Crippen LogP) is 4.38. The van der Waals surface area contributed by atoms with Crippen LogP contribution in [0, 0.1) is 6.92 Å². The predicted molar refractivity (Wildman–Crippen MR) is 71.3 cm³/mol. The Labute approximate surface area is 121 Å². The zero-order valence-corrected chi connectivity index (χ0v) is 11.7.